The summed E-state index contributed by atoms with van der Waals surface area (Å²) in [7, 11) is 3.79. The number of rotatable bonds is 6. The van der Waals surface area contributed by atoms with Gasteiger partial charge < -0.3 is 15.5 Å². The van der Waals surface area contributed by atoms with Crippen LogP contribution in [0.5, 0.6) is 0 Å². The molecule has 1 saturated heterocycles. The highest BCUT2D eigenvalue weighted by molar-refractivity contribution is 5.75. The maximum Gasteiger partial charge on any atom is 0.222 e. The lowest BCUT2D eigenvalue weighted by Gasteiger charge is -2.17. The molecule has 0 aromatic rings. The van der Waals surface area contributed by atoms with Crippen molar-refractivity contribution in [3.8, 4) is 0 Å². The molecule has 4 heteroatoms. The Morgan fingerprint density at radius 2 is 2.40 bits per heavy atom. The smallest absolute Gasteiger partial charge is 0.222 e. The van der Waals surface area contributed by atoms with Gasteiger partial charge in [-0.25, -0.2) is 0 Å². The van der Waals surface area contributed by atoms with Crippen molar-refractivity contribution in [3.05, 3.63) is 0 Å². The predicted octanol–water partition coefficient (Wildman–Crippen LogP) is 0.0539. The lowest BCUT2D eigenvalue weighted by atomic mass is 10.0. The van der Waals surface area contributed by atoms with Gasteiger partial charge in [0.15, 0.2) is 0 Å². The number of amides is 1. The topological polar surface area (TPSA) is 44.4 Å². The lowest BCUT2D eigenvalue weighted by molar-refractivity contribution is -0.130. The van der Waals surface area contributed by atoms with Crippen molar-refractivity contribution in [3.63, 3.8) is 0 Å². The number of carbonyl (C=O) groups is 1. The highest BCUT2D eigenvalue weighted by Gasteiger charge is 2.16. The first-order valence-corrected chi connectivity index (χ1v) is 5.83. The molecule has 1 amide bonds. The van der Waals surface area contributed by atoms with E-state index < -0.39 is 0 Å². The van der Waals surface area contributed by atoms with E-state index in [1.54, 1.807) is 0 Å². The van der Waals surface area contributed by atoms with Crippen LogP contribution in [-0.2, 0) is 4.79 Å². The second-order valence-corrected chi connectivity index (χ2v) is 4.32. The fourth-order valence-electron chi connectivity index (χ4n) is 1.88. The zero-order valence-corrected chi connectivity index (χ0v) is 9.88. The normalized spacial score (nSPS) is 20.5. The molecule has 1 rings (SSSR count). The molecule has 0 aliphatic carbocycles. The summed E-state index contributed by atoms with van der Waals surface area (Å²) in [6, 6.07) is 0. The molecule has 0 spiro atoms. The van der Waals surface area contributed by atoms with Crippen LogP contribution in [0.2, 0.25) is 0 Å². The molecule has 0 bridgehead atoms. The van der Waals surface area contributed by atoms with E-state index in [0.717, 1.165) is 32.6 Å². The van der Waals surface area contributed by atoms with Crippen LogP contribution in [-0.4, -0.2) is 51.1 Å². The minimum absolute atomic E-state index is 0.275. The summed E-state index contributed by atoms with van der Waals surface area (Å²) in [6.07, 6.45) is 2.97. The van der Waals surface area contributed by atoms with Crippen LogP contribution in [0.25, 0.3) is 0 Å². The van der Waals surface area contributed by atoms with E-state index in [0.29, 0.717) is 12.3 Å². The van der Waals surface area contributed by atoms with Gasteiger partial charge >= 0.3 is 0 Å². The Bertz CT molecular complexity index is 190. The van der Waals surface area contributed by atoms with Crippen LogP contribution >= 0.6 is 0 Å². The Morgan fingerprint density at radius 3 is 3.00 bits per heavy atom. The van der Waals surface area contributed by atoms with Crippen molar-refractivity contribution < 1.29 is 4.79 Å². The SMILES string of the molecule is CNCCN(C)C(=O)CCC1CCNC1. The van der Waals surface area contributed by atoms with Crippen molar-refractivity contribution in [1.82, 2.24) is 15.5 Å². The Kier molecular flexibility index (Phi) is 5.65. The first kappa shape index (κ1) is 12.5. The van der Waals surface area contributed by atoms with Gasteiger partial charge in [0, 0.05) is 26.6 Å². The molecule has 0 saturated carbocycles. The fourth-order valence-corrected chi connectivity index (χ4v) is 1.88. The van der Waals surface area contributed by atoms with E-state index in [-0.39, 0.29) is 5.91 Å². The van der Waals surface area contributed by atoms with Crippen LogP contribution in [0.4, 0.5) is 0 Å². The fraction of sp³-hybridized carbons (Fsp3) is 0.909. The molecule has 1 unspecified atom stereocenters. The molecule has 1 aliphatic heterocycles. The number of hydrogen-bond donors (Lipinski definition) is 2. The Balaban J connectivity index is 2.11. The van der Waals surface area contributed by atoms with Gasteiger partial charge in [-0.15, -0.1) is 0 Å². The number of nitrogens with one attached hydrogen (secondary N) is 2. The van der Waals surface area contributed by atoms with E-state index in [9.17, 15) is 4.79 Å². The predicted molar refractivity (Wildman–Crippen MR) is 61.8 cm³/mol. The summed E-state index contributed by atoms with van der Waals surface area (Å²) < 4.78 is 0. The number of hydrogen-bond acceptors (Lipinski definition) is 3. The standard InChI is InChI=1S/C11H23N3O/c1-12-7-8-14(2)11(15)4-3-10-5-6-13-9-10/h10,12-13H,3-9H2,1-2H3. The highest BCUT2D eigenvalue weighted by atomic mass is 16.2. The lowest BCUT2D eigenvalue weighted by Crippen LogP contribution is -2.32. The molecule has 88 valence electrons. The van der Waals surface area contributed by atoms with Gasteiger partial charge in [0.2, 0.25) is 5.91 Å². The Hall–Kier alpha value is -0.610. The van der Waals surface area contributed by atoms with E-state index >= 15 is 0 Å². The second-order valence-electron chi connectivity index (χ2n) is 4.32. The van der Waals surface area contributed by atoms with Gasteiger partial charge in [0.1, 0.15) is 0 Å². The van der Waals surface area contributed by atoms with Crippen LogP contribution < -0.4 is 10.6 Å². The van der Waals surface area contributed by atoms with E-state index in [1.807, 2.05) is 19.0 Å². The van der Waals surface area contributed by atoms with Crippen LogP contribution in [0.3, 0.4) is 0 Å². The molecule has 1 fully saturated rings. The molecule has 0 aromatic heterocycles. The number of nitrogens with zero attached hydrogens (tertiary/aromatic N) is 1. The maximum atomic E-state index is 11.7. The second kappa shape index (κ2) is 6.80. The molecule has 1 heterocycles. The molecule has 0 radical (unpaired) electrons. The quantitative estimate of drug-likeness (QED) is 0.655. The number of carbonyl (C=O) groups excluding carboxylic acids is 1. The average Bonchev–Trinajstić information content (AvgIpc) is 2.75. The largest absolute Gasteiger partial charge is 0.344 e. The Morgan fingerprint density at radius 1 is 1.60 bits per heavy atom. The first-order valence-electron chi connectivity index (χ1n) is 5.83. The minimum Gasteiger partial charge on any atom is -0.344 e. The van der Waals surface area contributed by atoms with Gasteiger partial charge in [0.05, 0.1) is 0 Å². The number of likely N-dealkylation sites (N-methyl/N-ethyl adjacent to an activating group) is 2. The van der Waals surface area contributed by atoms with Crippen molar-refractivity contribution in [1.29, 1.82) is 0 Å². The third kappa shape index (κ3) is 4.62. The van der Waals surface area contributed by atoms with Gasteiger partial charge in [-0.3, -0.25) is 4.79 Å². The highest BCUT2D eigenvalue weighted by Crippen LogP contribution is 2.14. The summed E-state index contributed by atoms with van der Waals surface area (Å²) in [6.45, 7) is 3.88. The summed E-state index contributed by atoms with van der Waals surface area (Å²) in [5, 5.41) is 6.37. The van der Waals surface area contributed by atoms with Gasteiger partial charge in [-0.05, 0) is 38.9 Å². The van der Waals surface area contributed by atoms with Gasteiger partial charge in [0.25, 0.3) is 0 Å². The van der Waals surface area contributed by atoms with E-state index in [4.69, 9.17) is 0 Å². The van der Waals surface area contributed by atoms with Crippen molar-refractivity contribution in [2.24, 2.45) is 5.92 Å². The molecular weight excluding hydrogens is 190 g/mol. The van der Waals surface area contributed by atoms with Crippen molar-refractivity contribution in [2.75, 3.05) is 40.3 Å². The third-order valence-electron chi connectivity index (χ3n) is 3.05. The molecule has 2 N–H and O–H groups in total. The molecule has 1 atom stereocenters. The van der Waals surface area contributed by atoms with Crippen LogP contribution in [0.1, 0.15) is 19.3 Å². The summed E-state index contributed by atoms with van der Waals surface area (Å²) in [5.41, 5.74) is 0. The molecular formula is C11H23N3O. The first-order chi connectivity index (χ1) is 7.24. The maximum absolute atomic E-state index is 11.7. The summed E-state index contributed by atoms with van der Waals surface area (Å²) >= 11 is 0. The monoisotopic (exact) mass is 213 g/mol. The zero-order chi connectivity index (χ0) is 11.1. The van der Waals surface area contributed by atoms with E-state index in [2.05, 4.69) is 10.6 Å². The zero-order valence-electron chi connectivity index (χ0n) is 9.88. The van der Waals surface area contributed by atoms with Gasteiger partial charge in [-0.2, -0.15) is 0 Å². The van der Waals surface area contributed by atoms with Crippen LogP contribution in [0, 0.1) is 5.92 Å². The third-order valence-corrected chi connectivity index (χ3v) is 3.05. The summed E-state index contributed by atoms with van der Waals surface area (Å²) in [4.78, 5) is 13.5. The van der Waals surface area contributed by atoms with Crippen molar-refractivity contribution in [2.45, 2.75) is 19.3 Å². The van der Waals surface area contributed by atoms with Gasteiger partial charge in [-0.1, -0.05) is 0 Å². The molecule has 0 aromatic carbocycles. The Labute approximate surface area is 92.4 Å². The molecule has 4 nitrogen and oxygen atoms in total. The van der Waals surface area contributed by atoms with Crippen LogP contribution in [0.15, 0.2) is 0 Å². The molecule has 1 aliphatic rings. The molecule has 15 heavy (non-hydrogen) atoms. The average molecular weight is 213 g/mol. The van der Waals surface area contributed by atoms with Crippen molar-refractivity contribution >= 4 is 5.91 Å². The minimum atomic E-state index is 0.275. The van der Waals surface area contributed by atoms with E-state index in [1.165, 1.54) is 6.42 Å². The summed E-state index contributed by atoms with van der Waals surface area (Å²) in [5.74, 6) is 0.990.